The molecule has 156 valence electrons. The molecule has 1 aliphatic heterocycles. The van der Waals surface area contributed by atoms with E-state index in [9.17, 15) is 9.59 Å². The number of hydrogen-bond acceptors (Lipinski definition) is 6. The van der Waals surface area contributed by atoms with Crippen molar-refractivity contribution in [1.29, 1.82) is 0 Å². The number of aliphatic hydroxyl groups is 1. The molecule has 0 radical (unpaired) electrons. The molecule has 0 fully saturated rings. The Morgan fingerprint density at radius 2 is 2.00 bits per heavy atom. The van der Waals surface area contributed by atoms with Gasteiger partial charge in [0.25, 0.3) is 0 Å². The number of fused-ring (bicyclic) bond motifs is 1. The topological polar surface area (TPSA) is 97.1 Å². The molecule has 0 saturated carbocycles. The first kappa shape index (κ1) is 20.7. The number of rotatable bonds is 4. The third-order valence-electron chi connectivity index (χ3n) is 4.64. The van der Waals surface area contributed by atoms with Crippen LogP contribution < -0.4 is 9.80 Å². The summed E-state index contributed by atoms with van der Waals surface area (Å²) in [6.45, 7) is 6.10. The van der Waals surface area contributed by atoms with Gasteiger partial charge in [-0.1, -0.05) is 6.07 Å². The van der Waals surface area contributed by atoms with Crippen LogP contribution in [0.1, 0.15) is 20.8 Å². The van der Waals surface area contributed by atoms with Crippen molar-refractivity contribution < 1.29 is 24.2 Å². The number of methoxy groups -OCH3 is 1. The molecule has 0 saturated heterocycles. The van der Waals surface area contributed by atoms with Gasteiger partial charge in [0.05, 0.1) is 56.5 Å². The maximum absolute atomic E-state index is 12.7. The van der Waals surface area contributed by atoms with Crippen molar-refractivity contribution in [2.24, 2.45) is 0 Å². The Kier molecular flexibility index (Phi) is 6.07. The quantitative estimate of drug-likeness (QED) is 0.845. The van der Waals surface area contributed by atoms with Crippen molar-refractivity contribution >= 4 is 23.6 Å². The van der Waals surface area contributed by atoms with Gasteiger partial charge >= 0.3 is 12.2 Å². The van der Waals surface area contributed by atoms with E-state index in [2.05, 4.69) is 5.10 Å². The van der Waals surface area contributed by atoms with Crippen LogP contribution in [0.4, 0.5) is 21.0 Å². The van der Waals surface area contributed by atoms with Crippen molar-refractivity contribution in [3.8, 4) is 11.1 Å². The van der Waals surface area contributed by atoms with Crippen LogP contribution in [-0.2, 0) is 16.0 Å². The lowest BCUT2D eigenvalue weighted by molar-refractivity contribution is 0.121. The van der Waals surface area contributed by atoms with Gasteiger partial charge in [-0.3, -0.25) is 14.5 Å². The second-order valence-electron chi connectivity index (χ2n) is 7.15. The number of aliphatic hydroxyl groups excluding tert-OH is 1. The Bertz CT molecular complexity index is 895. The van der Waals surface area contributed by atoms with E-state index in [0.717, 1.165) is 11.1 Å². The van der Waals surface area contributed by atoms with Crippen molar-refractivity contribution in [3.05, 3.63) is 30.6 Å². The third-order valence-corrected chi connectivity index (χ3v) is 4.64. The van der Waals surface area contributed by atoms with Gasteiger partial charge < -0.3 is 14.6 Å². The Balaban J connectivity index is 2.06. The monoisotopic (exact) mass is 402 g/mol. The molecule has 0 aliphatic carbocycles. The minimum absolute atomic E-state index is 0.00783. The van der Waals surface area contributed by atoms with Crippen LogP contribution in [0.3, 0.4) is 0 Å². The zero-order valence-corrected chi connectivity index (χ0v) is 17.0. The van der Waals surface area contributed by atoms with Gasteiger partial charge in [0, 0.05) is 11.8 Å². The lowest BCUT2D eigenvalue weighted by atomic mass is 10.0. The van der Waals surface area contributed by atoms with E-state index in [4.69, 9.17) is 14.6 Å². The lowest BCUT2D eigenvalue weighted by Crippen LogP contribution is -2.52. The second kappa shape index (κ2) is 8.52. The van der Waals surface area contributed by atoms with Crippen molar-refractivity contribution in [2.45, 2.75) is 39.5 Å². The molecule has 0 unspecified atom stereocenters. The zero-order valence-electron chi connectivity index (χ0n) is 17.0. The maximum atomic E-state index is 12.7. The molecule has 3 rings (SSSR count). The van der Waals surface area contributed by atoms with Crippen LogP contribution in [0.25, 0.3) is 11.1 Å². The fraction of sp³-hybridized carbons (Fsp3) is 0.450. The molecule has 2 amide bonds. The van der Waals surface area contributed by atoms with E-state index in [-0.39, 0.29) is 25.3 Å². The van der Waals surface area contributed by atoms with E-state index in [1.165, 1.54) is 12.0 Å². The van der Waals surface area contributed by atoms with E-state index < -0.39 is 12.2 Å². The van der Waals surface area contributed by atoms with Crippen LogP contribution in [0.2, 0.25) is 0 Å². The number of aromatic nitrogens is 2. The van der Waals surface area contributed by atoms with Crippen LogP contribution in [0, 0.1) is 0 Å². The predicted molar refractivity (Wildman–Crippen MR) is 108 cm³/mol. The number of amides is 2. The standard InChI is InChI=1S/C20H26N4O5/c1-13(2)29-19(26)23-11-14(3)24(20(27)28-4)17-6-5-15(9-18(17)23)16-10-21-22(12-16)7-8-25/h5-6,9-10,12-14,25H,7-8,11H2,1-4H3/t14-/m0/s1. The first-order valence-electron chi connectivity index (χ1n) is 9.48. The molecule has 1 aliphatic rings. The number of carbonyl (C=O) groups is 2. The maximum Gasteiger partial charge on any atom is 0.414 e. The first-order valence-corrected chi connectivity index (χ1v) is 9.48. The average Bonchev–Trinajstić information content (AvgIpc) is 3.15. The summed E-state index contributed by atoms with van der Waals surface area (Å²) < 4.78 is 12.0. The van der Waals surface area contributed by atoms with Crippen molar-refractivity contribution in [2.75, 3.05) is 30.1 Å². The predicted octanol–water partition coefficient (Wildman–Crippen LogP) is 2.87. The summed E-state index contributed by atoms with van der Waals surface area (Å²) in [4.78, 5) is 28.2. The van der Waals surface area contributed by atoms with Crippen LogP contribution in [-0.4, -0.2) is 59.5 Å². The van der Waals surface area contributed by atoms with Gasteiger partial charge in [-0.05, 0) is 38.5 Å². The number of benzene rings is 1. The Labute approximate surface area is 169 Å². The summed E-state index contributed by atoms with van der Waals surface area (Å²) in [5.41, 5.74) is 2.80. The largest absolute Gasteiger partial charge is 0.452 e. The Morgan fingerprint density at radius 1 is 1.24 bits per heavy atom. The summed E-state index contributed by atoms with van der Waals surface area (Å²) in [6, 6.07) is 5.20. The minimum Gasteiger partial charge on any atom is -0.452 e. The highest BCUT2D eigenvalue weighted by Gasteiger charge is 2.36. The summed E-state index contributed by atoms with van der Waals surface area (Å²) in [5.74, 6) is 0. The average molecular weight is 402 g/mol. The molecule has 2 aromatic rings. The summed E-state index contributed by atoms with van der Waals surface area (Å²) >= 11 is 0. The van der Waals surface area contributed by atoms with E-state index in [1.54, 1.807) is 35.7 Å². The van der Waals surface area contributed by atoms with Gasteiger partial charge in [-0.25, -0.2) is 9.59 Å². The van der Waals surface area contributed by atoms with Gasteiger partial charge in [0.1, 0.15) is 0 Å². The van der Waals surface area contributed by atoms with Crippen molar-refractivity contribution in [3.63, 3.8) is 0 Å². The third kappa shape index (κ3) is 4.19. The molecule has 9 heteroatoms. The van der Waals surface area contributed by atoms with Gasteiger partial charge in [-0.2, -0.15) is 5.10 Å². The van der Waals surface area contributed by atoms with Gasteiger partial charge in [0.15, 0.2) is 0 Å². The van der Waals surface area contributed by atoms with Gasteiger partial charge in [0.2, 0.25) is 0 Å². The Hall–Kier alpha value is -3.07. The number of anilines is 2. The number of nitrogens with zero attached hydrogens (tertiary/aromatic N) is 4. The second-order valence-corrected chi connectivity index (χ2v) is 7.15. The molecular weight excluding hydrogens is 376 g/mol. The molecule has 2 heterocycles. The van der Waals surface area contributed by atoms with E-state index in [0.29, 0.717) is 17.9 Å². The molecule has 1 atom stereocenters. The highest BCUT2D eigenvalue weighted by atomic mass is 16.6. The summed E-state index contributed by atoms with van der Waals surface area (Å²) in [6.07, 6.45) is 2.29. The van der Waals surface area contributed by atoms with Crippen LogP contribution in [0.15, 0.2) is 30.6 Å². The Morgan fingerprint density at radius 3 is 2.66 bits per heavy atom. The molecule has 9 nitrogen and oxygen atoms in total. The molecule has 0 bridgehead atoms. The van der Waals surface area contributed by atoms with E-state index in [1.807, 2.05) is 25.3 Å². The fourth-order valence-electron chi connectivity index (χ4n) is 3.36. The SMILES string of the molecule is COC(=O)N1c2ccc(-c3cnn(CCO)c3)cc2N(C(=O)OC(C)C)C[C@@H]1C. The molecule has 29 heavy (non-hydrogen) atoms. The van der Waals surface area contributed by atoms with Gasteiger partial charge in [-0.15, -0.1) is 0 Å². The minimum atomic E-state index is -0.487. The summed E-state index contributed by atoms with van der Waals surface area (Å²) in [5, 5.41) is 13.3. The molecule has 1 aromatic carbocycles. The highest BCUT2D eigenvalue weighted by Crippen LogP contribution is 2.39. The zero-order chi connectivity index (χ0) is 21.1. The van der Waals surface area contributed by atoms with Crippen molar-refractivity contribution in [1.82, 2.24) is 9.78 Å². The summed E-state index contributed by atoms with van der Waals surface area (Å²) in [7, 11) is 1.33. The molecule has 1 N–H and O–H groups in total. The number of ether oxygens (including phenoxy) is 2. The van der Waals surface area contributed by atoms with Crippen LogP contribution in [0.5, 0.6) is 0 Å². The number of hydrogen-bond donors (Lipinski definition) is 1. The molecule has 1 aromatic heterocycles. The lowest BCUT2D eigenvalue weighted by Gasteiger charge is -2.40. The number of carbonyl (C=O) groups excluding carboxylic acids is 2. The smallest absolute Gasteiger partial charge is 0.414 e. The first-order chi connectivity index (χ1) is 13.8. The van der Waals surface area contributed by atoms with E-state index >= 15 is 0 Å². The fourth-order valence-corrected chi connectivity index (χ4v) is 3.36. The molecular formula is C20H26N4O5. The highest BCUT2D eigenvalue weighted by molar-refractivity contribution is 6.01. The van der Waals surface area contributed by atoms with Crippen LogP contribution >= 0.6 is 0 Å². The normalized spacial score (nSPS) is 16.0. The molecule has 0 spiro atoms.